The maximum atomic E-state index is 10.4. The Hall–Kier alpha value is -0.530. The van der Waals surface area contributed by atoms with Crippen molar-refractivity contribution in [2.45, 2.75) is 117 Å². The Kier molecular flexibility index (Phi) is 16.0. The average Bonchev–Trinajstić information content (AvgIpc) is 2.53. The van der Waals surface area contributed by atoms with E-state index in [1.54, 1.807) is 0 Å². The molecule has 23 heavy (non-hydrogen) atoms. The van der Waals surface area contributed by atoms with Crippen molar-refractivity contribution in [2.75, 3.05) is 0 Å². The molecule has 0 saturated carbocycles. The normalized spacial score (nSPS) is 13.9. The highest BCUT2D eigenvalue weighted by molar-refractivity contribution is 5.66. The first-order valence-electron chi connectivity index (χ1n) is 10.3. The molecule has 0 radical (unpaired) electrons. The van der Waals surface area contributed by atoms with Gasteiger partial charge in [0.15, 0.2) is 0 Å². The summed E-state index contributed by atoms with van der Waals surface area (Å²) in [6, 6.07) is 0. The summed E-state index contributed by atoms with van der Waals surface area (Å²) in [5, 5.41) is 8.55. The molecule has 0 saturated heterocycles. The van der Waals surface area contributed by atoms with Gasteiger partial charge in [0.2, 0.25) is 0 Å². The third kappa shape index (κ3) is 16.1. The zero-order chi connectivity index (χ0) is 17.3. The molecule has 0 fully saturated rings. The molecular formula is C21H42O2. The van der Waals surface area contributed by atoms with Gasteiger partial charge >= 0.3 is 5.97 Å². The van der Waals surface area contributed by atoms with Crippen molar-refractivity contribution < 1.29 is 9.90 Å². The molecular weight excluding hydrogens is 284 g/mol. The molecule has 138 valence electrons. The van der Waals surface area contributed by atoms with Gasteiger partial charge in [-0.2, -0.15) is 0 Å². The Bertz CT molecular complexity index is 263. The van der Waals surface area contributed by atoms with Crippen LogP contribution in [0.1, 0.15) is 117 Å². The van der Waals surface area contributed by atoms with E-state index in [1.165, 1.54) is 77.0 Å². The van der Waals surface area contributed by atoms with Crippen LogP contribution in [0.15, 0.2) is 0 Å². The lowest BCUT2D eigenvalue weighted by Crippen LogP contribution is -2.06. The molecule has 0 rings (SSSR count). The van der Waals surface area contributed by atoms with Crippen LogP contribution in [0, 0.1) is 11.8 Å². The Morgan fingerprint density at radius 2 is 1.09 bits per heavy atom. The minimum atomic E-state index is -0.653. The Balaban J connectivity index is 3.12. The second-order valence-electron chi connectivity index (χ2n) is 7.54. The maximum absolute atomic E-state index is 10.4. The smallest absolute Gasteiger partial charge is 0.303 e. The first kappa shape index (κ1) is 22.5. The van der Waals surface area contributed by atoms with E-state index in [9.17, 15) is 4.79 Å². The van der Waals surface area contributed by atoms with Gasteiger partial charge in [-0.1, -0.05) is 104 Å². The third-order valence-electron chi connectivity index (χ3n) is 5.42. The topological polar surface area (TPSA) is 37.3 Å². The number of aliphatic carboxylic acids is 1. The zero-order valence-corrected chi connectivity index (χ0v) is 16.1. The molecule has 0 bridgehead atoms. The van der Waals surface area contributed by atoms with Crippen LogP contribution in [0.5, 0.6) is 0 Å². The van der Waals surface area contributed by atoms with Crippen molar-refractivity contribution in [3.05, 3.63) is 0 Å². The number of rotatable bonds is 17. The van der Waals surface area contributed by atoms with E-state index in [0.717, 1.165) is 24.7 Å². The summed E-state index contributed by atoms with van der Waals surface area (Å²) in [7, 11) is 0. The predicted octanol–water partition coefficient (Wildman–Crippen LogP) is 7.21. The van der Waals surface area contributed by atoms with Gasteiger partial charge in [0, 0.05) is 6.42 Å². The van der Waals surface area contributed by atoms with Crippen molar-refractivity contribution in [1.29, 1.82) is 0 Å². The van der Waals surface area contributed by atoms with Crippen LogP contribution in [0.25, 0.3) is 0 Å². The van der Waals surface area contributed by atoms with Crippen LogP contribution in [-0.2, 0) is 4.79 Å². The average molecular weight is 327 g/mol. The monoisotopic (exact) mass is 326 g/mol. The van der Waals surface area contributed by atoms with Crippen LogP contribution >= 0.6 is 0 Å². The highest BCUT2D eigenvalue weighted by Gasteiger charge is 2.08. The molecule has 2 atom stereocenters. The number of unbranched alkanes of at least 4 members (excludes halogenated alkanes) is 11. The van der Waals surface area contributed by atoms with Crippen LogP contribution in [0.2, 0.25) is 0 Å². The first-order valence-corrected chi connectivity index (χ1v) is 10.3. The molecule has 0 aliphatic rings. The summed E-state index contributed by atoms with van der Waals surface area (Å²) in [5.74, 6) is 1.13. The predicted molar refractivity (Wildman–Crippen MR) is 101 cm³/mol. The molecule has 0 aliphatic carbocycles. The molecule has 0 aliphatic heterocycles. The standard InChI is InChI=1S/C21H42O2/c1-4-19(2)20(3)17-15-13-11-9-7-5-6-8-10-12-14-16-18-21(22)23/h19-20H,4-18H2,1-3H3,(H,22,23). The van der Waals surface area contributed by atoms with E-state index in [2.05, 4.69) is 20.8 Å². The van der Waals surface area contributed by atoms with Crippen molar-refractivity contribution in [3.63, 3.8) is 0 Å². The molecule has 2 unspecified atom stereocenters. The minimum Gasteiger partial charge on any atom is -0.481 e. The highest BCUT2D eigenvalue weighted by atomic mass is 16.4. The lowest BCUT2D eigenvalue weighted by molar-refractivity contribution is -0.137. The van der Waals surface area contributed by atoms with Crippen LogP contribution in [0.4, 0.5) is 0 Å². The van der Waals surface area contributed by atoms with Crippen LogP contribution in [-0.4, -0.2) is 11.1 Å². The second-order valence-corrected chi connectivity index (χ2v) is 7.54. The van der Waals surface area contributed by atoms with Gasteiger partial charge < -0.3 is 5.11 Å². The van der Waals surface area contributed by atoms with Crippen molar-refractivity contribution in [1.82, 2.24) is 0 Å². The summed E-state index contributed by atoms with van der Waals surface area (Å²) in [4.78, 5) is 10.4. The van der Waals surface area contributed by atoms with E-state index in [1.807, 2.05) is 0 Å². The van der Waals surface area contributed by atoms with Gasteiger partial charge in [-0.15, -0.1) is 0 Å². The summed E-state index contributed by atoms with van der Waals surface area (Å²) in [6.45, 7) is 7.10. The van der Waals surface area contributed by atoms with Gasteiger partial charge in [-0.3, -0.25) is 4.79 Å². The Morgan fingerprint density at radius 1 is 0.696 bits per heavy atom. The van der Waals surface area contributed by atoms with Crippen LogP contribution in [0.3, 0.4) is 0 Å². The SMILES string of the molecule is CCC(C)C(C)CCCCCCCCCCCCCCC(=O)O. The Morgan fingerprint density at radius 3 is 1.48 bits per heavy atom. The lowest BCUT2D eigenvalue weighted by atomic mass is 9.89. The van der Waals surface area contributed by atoms with Crippen molar-refractivity contribution in [3.8, 4) is 0 Å². The molecule has 2 nitrogen and oxygen atoms in total. The molecule has 0 spiro atoms. The largest absolute Gasteiger partial charge is 0.481 e. The van der Waals surface area contributed by atoms with Gasteiger partial charge in [0.25, 0.3) is 0 Å². The quantitative estimate of drug-likeness (QED) is 0.287. The first-order chi connectivity index (χ1) is 11.1. The van der Waals surface area contributed by atoms with E-state index in [4.69, 9.17) is 5.11 Å². The summed E-state index contributed by atoms with van der Waals surface area (Å²) < 4.78 is 0. The summed E-state index contributed by atoms with van der Waals surface area (Å²) >= 11 is 0. The molecule has 2 heteroatoms. The minimum absolute atomic E-state index is 0.343. The van der Waals surface area contributed by atoms with Gasteiger partial charge in [0.1, 0.15) is 0 Å². The van der Waals surface area contributed by atoms with Gasteiger partial charge in [0.05, 0.1) is 0 Å². The molecule has 1 N–H and O–H groups in total. The number of carboxylic acids is 1. The fourth-order valence-corrected chi connectivity index (χ4v) is 3.20. The molecule has 0 aromatic heterocycles. The second kappa shape index (κ2) is 16.3. The van der Waals surface area contributed by atoms with E-state index in [0.29, 0.717) is 6.42 Å². The number of carbonyl (C=O) groups is 1. The van der Waals surface area contributed by atoms with E-state index >= 15 is 0 Å². The fourth-order valence-electron chi connectivity index (χ4n) is 3.20. The summed E-state index contributed by atoms with van der Waals surface area (Å²) in [5.41, 5.74) is 0. The number of hydrogen-bond donors (Lipinski definition) is 1. The molecule has 0 amide bonds. The maximum Gasteiger partial charge on any atom is 0.303 e. The van der Waals surface area contributed by atoms with Crippen molar-refractivity contribution >= 4 is 5.97 Å². The summed E-state index contributed by atoms with van der Waals surface area (Å²) in [6.07, 6.45) is 18.7. The van der Waals surface area contributed by atoms with E-state index < -0.39 is 5.97 Å². The highest BCUT2D eigenvalue weighted by Crippen LogP contribution is 2.21. The lowest BCUT2D eigenvalue weighted by Gasteiger charge is -2.17. The van der Waals surface area contributed by atoms with Gasteiger partial charge in [-0.05, 0) is 18.3 Å². The number of carboxylic acid groups (broad SMARTS) is 1. The molecule has 0 aromatic rings. The van der Waals surface area contributed by atoms with Crippen LogP contribution < -0.4 is 0 Å². The molecule has 0 heterocycles. The zero-order valence-electron chi connectivity index (χ0n) is 16.1. The third-order valence-corrected chi connectivity index (χ3v) is 5.42. The van der Waals surface area contributed by atoms with Crippen molar-refractivity contribution in [2.24, 2.45) is 11.8 Å². The number of hydrogen-bond acceptors (Lipinski definition) is 1. The fraction of sp³-hybridized carbons (Fsp3) is 0.952. The molecule has 0 aromatic carbocycles. The Labute approximate surface area is 145 Å². The van der Waals surface area contributed by atoms with E-state index in [-0.39, 0.29) is 0 Å². The van der Waals surface area contributed by atoms with Gasteiger partial charge in [-0.25, -0.2) is 0 Å².